The van der Waals surface area contributed by atoms with Crippen molar-refractivity contribution >= 4 is 17.7 Å². The van der Waals surface area contributed by atoms with Gasteiger partial charge in [0.1, 0.15) is 0 Å². The van der Waals surface area contributed by atoms with Gasteiger partial charge in [-0.1, -0.05) is 12.1 Å². The average Bonchev–Trinajstić information content (AvgIpc) is 3.41. The molecule has 8 heteroatoms. The lowest BCUT2D eigenvalue weighted by atomic mass is 10.0. The van der Waals surface area contributed by atoms with E-state index in [4.69, 9.17) is 4.42 Å². The van der Waals surface area contributed by atoms with Crippen LogP contribution in [0.4, 0.5) is 5.69 Å². The zero-order valence-corrected chi connectivity index (χ0v) is 17.3. The molecule has 1 N–H and O–H groups in total. The van der Waals surface area contributed by atoms with E-state index in [-0.39, 0.29) is 5.91 Å². The Balaban J connectivity index is 1.39. The lowest BCUT2D eigenvalue weighted by Crippen LogP contribution is -2.07. The molecule has 3 heterocycles. The molecule has 0 spiro atoms. The predicted octanol–water partition coefficient (Wildman–Crippen LogP) is 3.61. The first-order valence-corrected chi connectivity index (χ1v) is 9.86. The lowest BCUT2D eigenvalue weighted by molar-refractivity contribution is -0.111. The van der Waals surface area contributed by atoms with Crippen LogP contribution < -0.4 is 5.32 Å². The molecule has 0 saturated heterocycles. The van der Waals surface area contributed by atoms with E-state index >= 15 is 0 Å². The normalized spacial score (nSPS) is 11.2. The number of benzene rings is 1. The van der Waals surface area contributed by atoms with Gasteiger partial charge in [0.05, 0.1) is 5.69 Å². The number of nitrogens with zero attached hydrogens (tertiary/aromatic N) is 5. The summed E-state index contributed by atoms with van der Waals surface area (Å²) in [5.41, 5.74) is 5.62. The minimum Gasteiger partial charge on any atom is -0.428 e. The van der Waals surface area contributed by atoms with Crippen LogP contribution in [0.3, 0.4) is 0 Å². The van der Waals surface area contributed by atoms with E-state index in [1.165, 1.54) is 12.5 Å². The second kappa shape index (κ2) is 9.17. The number of nitrogens with one attached hydrogen (secondary N) is 1. The van der Waals surface area contributed by atoms with Crippen molar-refractivity contribution < 1.29 is 9.21 Å². The van der Waals surface area contributed by atoms with Gasteiger partial charge in [-0.05, 0) is 48.7 Å². The van der Waals surface area contributed by atoms with Gasteiger partial charge in [-0.2, -0.15) is 5.10 Å². The van der Waals surface area contributed by atoms with Crippen LogP contribution in [0.1, 0.15) is 22.7 Å². The van der Waals surface area contributed by atoms with Crippen molar-refractivity contribution in [2.45, 2.75) is 19.8 Å². The van der Waals surface area contributed by atoms with Crippen LogP contribution in [-0.2, 0) is 24.7 Å². The fourth-order valence-electron chi connectivity index (χ4n) is 3.31. The van der Waals surface area contributed by atoms with Gasteiger partial charge >= 0.3 is 0 Å². The molecular formula is C23H22N6O2. The van der Waals surface area contributed by atoms with Crippen molar-refractivity contribution in [2.75, 3.05) is 5.32 Å². The van der Waals surface area contributed by atoms with Crippen LogP contribution in [0.5, 0.6) is 0 Å². The molecule has 4 aromatic rings. The molecule has 8 nitrogen and oxygen atoms in total. The van der Waals surface area contributed by atoms with E-state index in [1.807, 2.05) is 50.5 Å². The summed E-state index contributed by atoms with van der Waals surface area (Å²) in [7, 11) is 1.89. The summed E-state index contributed by atoms with van der Waals surface area (Å²) < 4.78 is 6.92. The number of pyridine rings is 1. The minimum atomic E-state index is -0.212. The van der Waals surface area contributed by atoms with Crippen LogP contribution in [0.15, 0.2) is 65.8 Å². The smallest absolute Gasteiger partial charge is 0.248 e. The number of anilines is 1. The summed E-state index contributed by atoms with van der Waals surface area (Å²) in [6.07, 6.45) is 11.5. The van der Waals surface area contributed by atoms with Crippen molar-refractivity contribution in [2.24, 2.45) is 7.05 Å². The molecule has 31 heavy (non-hydrogen) atoms. The Kier molecular flexibility index (Phi) is 5.98. The second-order valence-electron chi connectivity index (χ2n) is 7.12. The number of carbonyl (C=O) groups is 1. The van der Waals surface area contributed by atoms with Gasteiger partial charge < -0.3 is 9.73 Å². The maximum atomic E-state index is 12.4. The van der Waals surface area contributed by atoms with E-state index in [2.05, 4.69) is 25.6 Å². The number of aryl methyl sites for hydroxylation is 4. The summed E-state index contributed by atoms with van der Waals surface area (Å²) in [6, 6.07) is 9.63. The molecule has 0 saturated carbocycles. The Hall–Kier alpha value is -4.07. The molecule has 0 aliphatic rings. The number of amides is 1. The van der Waals surface area contributed by atoms with Crippen molar-refractivity contribution in [1.29, 1.82) is 0 Å². The van der Waals surface area contributed by atoms with E-state index in [1.54, 1.807) is 23.2 Å². The maximum absolute atomic E-state index is 12.4. The minimum absolute atomic E-state index is 0.212. The number of hydrogen-bond donors (Lipinski definition) is 1. The van der Waals surface area contributed by atoms with Gasteiger partial charge in [-0.25, -0.2) is 0 Å². The van der Waals surface area contributed by atoms with Gasteiger partial charge in [-0.15, -0.1) is 10.2 Å². The van der Waals surface area contributed by atoms with Crippen molar-refractivity contribution in [1.82, 2.24) is 25.0 Å². The molecule has 0 unspecified atom stereocenters. The molecule has 0 bridgehead atoms. The Morgan fingerprint density at radius 2 is 2.00 bits per heavy atom. The van der Waals surface area contributed by atoms with Gasteiger partial charge in [0, 0.05) is 54.9 Å². The summed E-state index contributed by atoms with van der Waals surface area (Å²) in [5.74, 6) is 0.398. The highest BCUT2D eigenvalue weighted by atomic mass is 16.4. The topological polar surface area (TPSA) is 98.7 Å². The van der Waals surface area contributed by atoms with Crippen LogP contribution >= 0.6 is 0 Å². The Bertz CT molecular complexity index is 1190. The predicted molar refractivity (Wildman–Crippen MR) is 117 cm³/mol. The fourth-order valence-corrected chi connectivity index (χ4v) is 3.31. The second-order valence-corrected chi connectivity index (χ2v) is 7.12. The molecule has 0 fully saturated rings. The standard InChI is InChI=1S/C23H22N6O2/c1-16-21(14-29(2)28-16)20-11-12-24-13-18(20)6-9-22(30)26-19-7-3-17(4-8-19)5-10-23-27-25-15-31-23/h3-4,6-9,11-15H,5,10H2,1-2H3,(H,26,30). The maximum Gasteiger partial charge on any atom is 0.248 e. The molecule has 1 amide bonds. The molecule has 1 aromatic carbocycles. The Morgan fingerprint density at radius 3 is 2.71 bits per heavy atom. The van der Waals surface area contributed by atoms with Gasteiger partial charge in [0.15, 0.2) is 0 Å². The van der Waals surface area contributed by atoms with Gasteiger partial charge in [0.2, 0.25) is 18.2 Å². The first-order chi connectivity index (χ1) is 15.1. The molecule has 0 aliphatic carbocycles. The van der Waals surface area contributed by atoms with Crippen molar-refractivity contribution in [3.63, 3.8) is 0 Å². The highest BCUT2D eigenvalue weighted by Gasteiger charge is 2.10. The summed E-state index contributed by atoms with van der Waals surface area (Å²) in [5, 5.41) is 14.8. The zero-order valence-electron chi connectivity index (χ0n) is 17.3. The number of aromatic nitrogens is 5. The van der Waals surface area contributed by atoms with Gasteiger partial charge in [0.25, 0.3) is 0 Å². The van der Waals surface area contributed by atoms with Crippen LogP contribution in [-0.4, -0.2) is 30.9 Å². The van der Waals surface area contributed by atoms with Crippen LogP contribution in [0, 0.1) is 6.92 Å². The molecule has 4 rings (SSSR count). The van der Waals surface area contributed by atoms with Crippen LogP contribution in [0.2, 0.25) is 0 Å². The Morgan fingerprint density at radius 1 is 1.16 bits per heavy atom. The molecule has 156 valence electrons. The first kappa shape index (κ1) is 20.2. The van der Waals surface area contributed by atoms with Crippen molar-refractivity contribution in [3.8, 4) is 11.1 Å². The van der Waals surface area contributed by atoms with Crippen LogP contribution in [0.25, 0.3) is 17.2 Å². The third kappa shape index (κ3) is 5.11. The fraction of sp³-hybridized carbons (Fsp3) is 0.174. The lowest BCUT2D eigenvalue weighted by Gasteiger charge is -2.05. The van der Waals surface area contributed by atoms with Gasteiger partial charge in [-0.3, -0.25) is 14.5 Å². The highest BCUT2D eigenvalue weighted by Crippen LogP contribution is 2.26. The quantitative estimate of drug-likeness (QED) is 0.464. The highest BCUT2D eigenvalue weighted by molar-refractivity contribution is 6.02. The number of carbonyl (C=O) groups excluding carboxylic acids is 1. The molecule has 3 aromatic heterocycles. The number of rotatable bonds is 7. The zero-order chi connectivity index (χ0) is 21.6. The Labute approximate surface area is 179 Å². The number of hydrogen-bond acceptors (Lipinski definition) is 6. The van der Waals surface area contributed by atoms with Crippen molar-refractivity contribution in [3.05, 3.63) is 84.1 Å². The van der Waals surface area contributed by atoms with E-state index < -0.39 is 0 Å². The summed E-state index contributed by atoms with van der Waals surface area (Å²) in [6.45, 7) is 1.96. The molecule has 0 aliphatic heterocycles. The average molecular weight is 414 g/mol. The molecular weight excluding hydrogens is 392 g/mol. The summed E-state index contributed by atoms with van der Waals surface area (Å²) >= 11 is 0. The van der Waals surface area contributed by atoms with E-state index in [0.717, 1.165) is 40.1 Å². The van der Waals surface area contributed by atoms with E-state index in [0.29, 0.717) is 12.3 Å². The SMILES string of the molecule is Cc1nn(C)cc1-c1ccncc1C=CC(=O)Nc1ccc(CCc2nnco2)cc1. The molecule has 0 atom stereocenters. The largest absolute Gasteiger partial charge is 0.428 e. The first-order valence-electron chi connectivity index (χ1n) is 9.86. The summed E-state index contributed by atoms with van der Waals surface area (Å²) in [4.78, 5) is 16.6. The molecule has 0 radical (unpaired) electrons. The third-order valence-electron chi connectivity index (χ3n) is 4.82. The monoisotopic (exact) mass is 414 g/mol. The van der Waals surface area contributed by atoms with E-state index in [9.17, 15) is 4.79 Å². The third-order valence-corrected chi connectivity index (χ3v) is 4.82.